The van der Waals surface area contributed by atoms with E-state index in [0.717, 1.165) is 0 Å². The monoisotopic (exact) mass is 415 g/mol. The Morgan fingerprint density at radius 1 is 1.20 bits per heavy atom. The van der Waals surface area contributed by atoms with Gasteiger partial charge in [-0.05, 0) is 50.6 Å². The van der Waals surface area contributed by atoms with Crippen LogP contribution in [0.25, 0.3) is 0 Å². The fourth-order valence-electron chi connectivity index (χ4n) is 2.79. The number of benzene rings is 1. The molecule has 0 aliphatic carbocycles. The van der Waals surface area contributed by atoms with Crippen molar-refractivity contribution in [2.24, 2.45) is 4.99 Å². The summed E-state index contributed by atoms with van der Waals surface area (Å²) in [4.78, 5) is 22.3. The van der Waals surface area contributed by atoms with Crippen molar-refractivity contribution in [3.63, 3.8) is 0 Å². The molecule has 1 heterocycles. The molecule has 7 nitrogen and oxygen atoms in total. The van der Waals surface area contributed by atoms with Crippen molar-refractivity contribution in [1.82, 2.24) is 20.5 Å². The van der Waals surface area contributed by atoms with Crippen molar-refractivity contribution in [3.05, 3.63) is 54.1 Å². The third kappa shape index (κ3) is 7.35. The SMILES string of the molecule is CCNC(=NCc1ccc(Oc2cccnc2)c(F)c1)NCCC(=O)N(CC)CC. The number of carbonyl (C=O) groups excluding carboxylic acids is 1. The van der Waals surface area contributed by atoms with E-state index in [2.05, 4.69) is 20.6 Å². The van der Waals surface area contributed by atoms with E-state index in [9.17, 15) is 9.18 Å². The highest BCUT2D eigenvalue weighted by Crippen LogP contribution is 2.24. The molecule has 2 aromatic rings. The van der Waals surface area contributed by atoms with Crippen LogP contribution in [0, 0.1) is 5.82 Å². The summed E-state index contributed by atoms with van der Waals surface area (Å²) >= 11 is 0. The van der Waals surface area contributed by atoms with Gasteiger partial charge in [0.15, 0.2) is 17.5 Å². The average Bonchev–Trinajstić information content (AvgIpc) is 2.75. The van der Waals surface area contributed by atoms with Crippen molar-refractivity contribution in [2.75, 3.05) is 26.2 Å². The second-order valence-electron chi connectivity index (χ2n) is 6.49. The van der Waals surface area contributed by atoms with Gasteiger partial charge in [-0.15, -0.1) is 0 Å². The number of guanidine groups is 1. The molecule has 0 unspecified atom stereocenters. The maximum atomic E-state index is 14.4. The number of hydrogen-bond donors (Lipinski definition) is 2. The molecule has 0 saturated heterocycles. The number of aromatic nitrogens is 1. The first-order valence-corrected chi connectivity index (χ1v) is 10.2. The van der Waals surface area contributed by atoms with Crippen LogP contribution in [0.3, 0.4) is 0 Å². The van der Waals surface area contributed by atoms with Crippen LogP contribution in [0.5, 0.6) is 11.5 Å². The number of aliphatic imine (C=N–C) groups is 1. The van der Waals surface area contributed by atoms with Gasteiger partial charge in [0.1, 0.15) is 5.75 Å². The van der Waals surface area contributed by atoms with E-state index in [4.69, 9.17) is 4.74 Å². The minimum absolute atomic E-state index is 0.106. The molecule has 0 fully saturated rings. The predicted octanol–water partition coefficient (Wildman–Crippen LogP) is 3.33. The predicted molar refractivity (Wildman–Crippen MR) is 116 cm³/mol. The van der Waals surface area contributed by atoms with Crippen molar-refractivity contribution in [1.29, 1.82) is 0 Å². The Morgan fingerprint density at radius 2 is 2.00 bits per heavy atom. The van der Waals surface area contributed by atoms with E-state index < -0.39 is 5.82 Å². The third-order valence-electron chi connectivity index (χ3n) is 4.37. The molecule has 0 aliphatic rings. The lowest BCUT2D eigenvalue weighted by Gasteiger charge is -2.19. The third-order valence-corrected chi connectivity index (χ3v) is 4.37. The zero-order valence-corrected chi connectivity index (χ0v) is 17.8. The number of ether oxygens (including phenoxy) is 1. The van der Waals surface area contributed by atoms with Crippen LogP contribution in [0.1, 0.15) is 32.8 Å². The Hall–Kier alpha value is -3.16. The summed E-state index contributed by atoms with van der Waals surface area (Å²) in [5, 5.41) is 6.28. The van der Waals surface area contributed by atoms with Gasteiger partial charge < -0.3 is 20.3 Å². The highest BCUT2D eigenvalue weighted by atomic mass is 19.1. The van der Waals surface area contributed by atoms with Gasteiger partial charge in [-0.3, -0.25) is 9.78 Å². The van der Waals surface area contributed by atoms with E-state index in [0.29, 0.717) is 56.4 Å². The lowest BCUT2D eigenvalue weighted by Crippen LogP contribution is -2.40. The maximum Gasteiger partial charge on any atom is 0.224 e. The van der Waals surface area contributed by atoms with Crippen molar-refractivity contribution in [3.8, 4) is 11.5 Å². The van der Waals surface area contributed by atoms with Gasteiger partial charge >= 0.3 is 0 Å². The van der Waals surface area contributed by atoms with Crippen LogP contribution in [-0.4, -0.2) is 47.9 Å². The van der Waals surface area contributed by atoms with Crippen LogP contribution < -0.4 is 15.4 Å². The number of halogens is 1. The minimum Gasteiger partial charge on any atom is -0.453 e. The lowest BCUT2D eigenvalue weighted by molar-refractivity contribution is -0.130. The van der Waals surface area contributed by atoms with E-state index >= 15 is 0 Å². The van der Waals surface area contributed by atoms with Gasteiger partial charge in [-0.2, -0.15) is 0 Å². The Labute approximate surface area is 177 Å². The van der Waals surface area contributed by atoms with Crippen LogP contribution in [0.2, 0.25) is 0 Å². The fourth-order valence-corrected chi connectivity index (χ4v) is 2.79. The first-order chi connectivity index (χ1) is 14.6. The Bertz CT molecular complexity index is 826. The number of rotatable bonds is 10. The van der Waals surface area contributed by atoms with E-state index in [-0.39, 0.29) is 11.7 Å². The standard InChI is InChI=1S/C22H30FN5O2/c1-4-25-22(26-13-11-21(29)28(5-2)6-3)27-15-17-9-10-20(19(23)14-17)30-18-8-7-12-24-16-18/h7-10,12,14,16H,4-6,11,13,15H2,1-3H3,(H2,25,26,27). The average molecular weight is 416 g/mol. The molecular weight excluding hydrogens is 385 g/mol. The number of pyridine rings is 1. The summed E-state index contributed by atoms with van der Waals surface area (Å²) in [7, 11) is 0. The highest BCUT2D eigenvalue weighted by Gasteiger charge is 2.10. The Morgan fingerprint density at radius 3 is 2.63 bits per heavy atom. The molecule has 1 aromatic heterocycles. The second-order valence-corrected chi connectivity index (χ2v) is 6.49. The van der Waals surface area contributed by atoms with Crippen LogP contribution in [0.4, 0.5) is 4.39 Å². The van der Waals surface area contributed by atoms with Gasteiger partial charge in [-0.25, -0.2) is 9.38 Å². The van der Waals surface area contributed by atoms with Gasteiger partial charge in [0.25, 0.3) is 0 Å². The molecule has 0 bridgehead atoms. The molecular formula is C22H30FN5O2. The first-order valence-electron chi connectivity index (χ1n) is 10.2. The molecule has 0 saturated carbocycles. The van der Waals surface area contributed by atoms with Crippen LogP contribution >= 0.6 is 0 Å². The minimum atomic E-state index is -0.464. The van der Waals surface area contributed by atoms with Crippen LogP contribution in [0.15, 0.2) is 47.7 Å². The maximum absolute atomic E-state index is 14.4. The zero-order valence-electron chi connectivity index (χ0n) is 17.8. The molecule has 30 heavy (non-hydrogen) atoms. The summed E-state index contributed by atoms with van der Waals surface area (Å²) in [6, 6.07) is 8.19. The molecule has 8 heteroatoms. The molecule has 0 aliphatic heterocycles. The fraction of sp³-hybridized carbons (Fsp3) is 0.409. The molecule has 0 atom stereocenters. The Balaban J connectivity index is 1.93. The number of nitrogens with one attached hydrogen (secondary N) is 2. The summed E-state index contributed by atoms with van der Waals surface area (Å²) < 4.78 is 19.9. The molecule has 0 spiro atoms. The van der Waals surface area contributed by atoms with Crippen molar-refractivity contribution < 1.29 is 13.9 Å². The molecule has 0 radical (unpaired) electrons. The second kappa shape index (κ2) is 12.4. The van der Waals surface area contributed by atoms with E-state index in [1.807, 2.05) is 20.8 Å². The number of hydrogen-bond acceptors (Lipinski definition) is 4. The van der Waals surface area contributed by atoms with E-state index in [1.165, 1.54) is 12.3 Å². The lowest BCUT2D eigenvalue weighted by atomic mass is 10.2. The molecule has 1 aromatic carbocycles. The topological polar surface area (TPSA) is 78.9 Å². The summed E-state index contributed by atoms with van der Waals surface area (Å²) in [5.74, 6) is 0.834. The van der Waals surface area contributed by atoms with Crippen molar-refractivity contribution >= 4 is 11.9 Å². The molecule has 2 rings (SSSR count). The smallest absolute Gasteiger partial charge is 0.224 e. The summed E-state index contributed by atoms with van der Waals surface area (Å²) in [6.07, 6.45) is 3.54. The highest BCUT2D eigenvalue weighted by molar-refractivity contribution is 5.81. The van der Waals surface area contributed by atoms with Crippen molar-refractivity contribution in [2.45, 2.75) is 33.7 Å². The Kier molecular flexibility index (Phi) is 9.57. The molecule has 2 N–H and O–H groups in total. The zero-order chi connectivity index (χ0) is 21.8. The quantitative estimate of drug-likeness (QED) is 0.460. The van der Waals surface area contributed by atoms with Gasteiger partial charge in [0, 0.05) is 38.8 Å². The van der Waals surface area contributed by atoms with Crippen LogP contribution in [-0.2, 0) is 11.3 Å². The van der Waals surface area contributed by atoms with Gasteiger partial charge in [-0.1, -0.05) is 6.07 Å². The normalized spacial score (nSPS) is 11.1. The molecule has 162 valence electrons. The number of carbonyl (C=O) groups is 1. The number of amides is 1. The van der Waals surface area contributed by atoms with E-state index in [1.54, 1.807) is 35.4 Å². The first kappa shape index (κ1) is 23.1. The van der Waals surface area contributed by atoms with Gasteiger partial charge in [0.2, 0.25) is 5.91 Å². The number of nitrogens with zero attached hydrogens (tertiary/aromatic N) is 3. The van der Waals surface area contributed by atoms with Gasteiger partial charge in [0.05, 0.1) is 12.7 Å². The summed E-state index contributed by atoms with van der Waals surface area (Å²) in [6.45, 7) is 8.76. The largest absolute Gasteiger partial charge is 0.453 e. The summed E-state index contributed by atoms with van der Waals surface area (Å²) in [5.41, 5.74) is 0.711. The molecule has 1 amide bonds.